The van der Waals surface area contributed by atoms with Gasteiger partial charge < -0.3 is 9.64 Å². The van der Waals surface area contributed by atoms with E-state index in [4.69, 9.17) is 10.6 Å². The van der Waals surface area contributed by atoms with Crippen molar-refractivity contribution < 1.29 is 4.74 Å². The average molecular weight is 211 g/mol. The highest BCUT2D eigenvalue weighted by atomic mass is 16.5. The van der Waals surface area contributed by atoms with E-state index in [0.29, 0.717) is 0 Å². The van der Waals surface area contributed by atoms with Crippen molar-refractivity contribution >= 4 is 0 Å². The molecule has 0 aromatic rings. The summed E-state index contributed by atoms with van der Waals surface area (Å²) in [4.78, 5) is 2.45. The van der Waals surface area contributed by atoms with Crippen LogP contribution in [0, 0.1) is 0 Å². The van der Waals surface area contributed by atoms with Gasteiger partial charge in [0, 0.05) is 32.6 Å². The van der Waals surface area contributed by atoms with Crippen molar-refractivity contribution in [3.63, 3.8) is 0 Å². The maximum absolute atomic E-state index is 5.75. The molecule has 0 amide bonds. The van der Waals surface area contributed by atoms with E-state index in [0.717, 1.165) is 32.6 Å². The van der Waals surface area contributed by atoms with Crippen LogP contribution in [0.5, 0.6) is 0 Å². The summed E-state index contributed by atoms with van der Waals surface area (Å²) in [6, 6.07) is 0. The molecule has 0 saturated carbocycles. The lowest BCUT2D eigenvalue weighted by atomic mass is 10.0. The van der Waals surface area contributed by atoms with E-state index in [1.54, 1.807) is 7.11 Å². The molecule has 0 unspecified atom stereocenters. The number of rotatable bonds is 2. The molecule has 1 aliphatic heterocycles. The van der Waals surface area contributed by atoms with Gasteiger partial charge in [-0.25, -0.2) is 5.01 Å². The van der Waals surface area contributed by atoms with Gasteiger partial charge in [0.1, 0.15) is 5.76 Å². The van der Waals surface area contributed by atoms with Crippen LogP contribution in [0.2, 0.25) is 0 Å². The predicted octanol–water partition coefficient (Wildman–Crippen LogP) is 0.910. The largest absolute Gasteiger partial charge is 0.499 e. The van der Waals surface area contributed by atoms with Gasteiger partial charge in [-0.3, -0.25) is 5.84 Å². The first kappa shape index (κ1) is 10.8. The molecule has 0 aromatic heterocycles. The zero-order valence-corrected chi connectivity index (χ0v) is 9.54. The third-order valence-corrected chi connectivity index (χ3v) is 3.33. The fourth-order valence-electron chi connectivity index (χ4n) is 2.41. The Balaban J connectivity index is 2.04. The minimum absolute atomic E-state index is 0.959. The molecule has 1 saturated heterocycles. The Hall–Kier alpha value is -0.740. The molecule has 0 atom stereocenters. The van der Waals surface area contributed by atoms with Crippen molar-refractivity contribution in [1.82, 2.24) is 9.91 Å². The standard InChI is InChI=1S/C11H21N3O/c1-15-11-5-3-2-4-10(11)13-6-8-14(12)9-7-13/h2-9,12H2,1H3. The second-order valence-corrected chi connectivity index (χ2v) is 4.30. The third-order valence-electron chi connectivity index (χ3n) is 3.33. The Bertz CT molecular complexity index is 244. The summed E-state index contributed by atoms with van der Waals surface area (Å²) in [7, 11) is 1.79. The number of piperazine rings is 1. The first-order chi connectivity index (χ1) is 7.31. The van der Waals surface area contributed by atoms with Crippen LogP contribution in [-0.4, -0.2) is 43.2 Å². The van der Waals surface area contributed by atoms with Crippen molar-refractivity contribution in [2.75, 3.05) is 33.3 Å². The zero-order valence-electron chi connectivity index (χ0n) is 9.54. The summed E-state index contributed by atoms with van der Waals surface area (Å²) in [6.07, 6.45) is 4.84. The summed E-state index contributed by atoms with van der Waals surface area (Å²) in [6.45, 7) is 4.00. The highest BCUT2D eigenvalue weighted by Gasteiger charge is 2.22. The van der Waals surface area contributed by atoms with Crippen LogP contribution in [0.3, 0.4) is 0 Å². The van der Waals surface area contributed by atoms with E-state index in [9.17, 15) is 0 Å². The van der Waals surface area contributed by atoms with Crippen molar-refractivity contribution in [2.45, 2.75) is 25.7 Å². The number of nitrogens with zero attached hydrogens (tertiary/aromatic N) is 2. The van der Waals surface area contributed by atoms with Crippen molar-refractivity contribution in [2.24, 2.45) is 5.84 Å². The van der Waals surface area contributed by atoms with Gasteiger partial charge in [-0.15, -0.1) is 0 Å². The quantitative estimate of drug-likeness (QED) is 0.689. The second kappa shape index (κ2) is 4.86. The van der Waals surface area contributed by atoms with Crippen LogP contribution in [0.1, 0.15) is 25.7 Å². The molecule has 0 aromatic carbocycles. The van der Waals surface area contributed by atoms with E-state index in [2.05, 4.69) is 4.90 Å². The molecule has 1 aliphatic carbocycles. The summed E-state index contributed by atoms with van der Waals surface area (Å²) in [5.41, 5.74) is 1.43. The van der Waals surface area contributed by atoms with Crippen LogP contribution >= 0.6 is 0 Å². The smallest absolute Gasteiger partial charge is 0.115 e. The van der Waals surface area contributed by atoms with E-state index in [1.807, 2.05) is 5.01 Å². The zero-order chi connectivity index (χ0) is 10.7. The van der Waals surface area contributed by atoms with E-state index >= 15 is 0 Å². The van der Waals surface area contributed by atoms with Gasteiger partial charge in [-0.1, -0.05) is 0 Å². The number of nitrogens with two attached hydrogens (primary N) is 1. The molecule has 4 heteroatoms. The summed E-state index contributed by atoms with van der Waals surface area (Å²) in [5, 5.41) is 1.90. The molecule has 2 rings (SSSR count). The van der Waals surface area contributed by atoms with E-state index in [1.165, 1.54) is 30.7 Å². The Kier molecular flexibility index (Phi) is 3.49. The lowest BCUT2D eigenvalue weighted by Gasteiger charge is -2.37. The molecule has 4 nitrogen and oxygen atoms in total. The predicted molar refractivity (Wildman–Crippen MR) is 59.8 cm³/mol. The number of methoxy groups -OCH3 is 1. The Labute approximate surface area is 91.6 Å². The van der Waals surface area contributed by atoms with Crippen LogP contribution in [0.4, 0.5) is 0 Å². The van der Waals surface area contributed by atoms with Crippen molar-refractivity contribution in [3.8, 4) is 0 Å². The van der Waals surface area contributed by atoms with Crippen LogP contribution in [0.25, 0.3) is 0 Å². The third kappa shape index (κ3) is 2.44. The molecular formula is C11H21N3O. The summed E-state index contributed by atoms with van der Waals surface area (Å²) in [5.74, 6) is 6.95. The minimum atomic E-state index is 0.959. The summed E-state index contributed by atoms with van der Waals surface area (Å²) < 4.78 is 5.48. The SMILES string of the molecule is COC1=C(N2CCN(N)CC2)CCCC1. The maximum Gasteiger partial charge on any atom is 0.115 e. The fourth-order valence-corrected chi connectivity index (χ4v) is 2.41. The highest BCUT2D eigenvalue weighted by Crippen LogP contribution is 2.28. The lowest BCUT2D eigenvalue weighted by Crippen LogP contribution is -2.49. The first-order valence-electron chi connectivity index (χ1n) is 5.82. The van der Waals surface area contributed by atoms with Gasteiger partial charge in [0.2, 0.25) is 0 Å². The number of hydrogen-bond donors (Lipinski definition) is 1. The number of hydrazine groups is 1. The van der Waals surface area contributed by atoms with Crippen LogP contribution < -0.4 is 5.84 Å². The molecule has 86 valence electrons. The number of hydrogen-bond acceptors (Lipinski definition) is 4. The van der Waals surface area contributed by atoms with Crippen molar-refractivity contribution in [3.05, 3.63) is 11.5 Å². The van der Waals surface area contributed by atoms with Gasteiger partial charge in [-0.2, -0.15) is 0 Å². The molecule has 1 fully saturated rings. The van der Waals surface area contributed by atoms with Crippen LogP contribution in [0.15, 0.2) is 11.5 Å². The molecular weight excluding hydrogens is 190 g/mol. The molecule has 1 heterocycles. The molecule has 0 bridgehead atoms. The fraction of sp³-hybridized carbons (Fsp3) is 0.818. The topological polar surface area (TPSA) is 41.7 Å². The van der Waals surface area contributed by atoms with Crippen LogP contribution in [-0.2, 0) is 4.74 Å². The molecule has 2 aliphatic rings. The first-order valence-corrected chi connectivity index (χ1v) is 5.82. The van der Waals surface area contributed by atoms with Gasteiger partial charge in [0.25, 0.3) is 0 Å². The number of allylic oxidation sites excluding steroid dienone is 2. The normalized spacial score (nSPS) is 24.5. The maximum atomic E-state index is 5.75. The highest BCUT2D eigenvalue weighted by molar-refractivity contribution is 5.11. The van der Waals surface area contributed by atoms with Gasteiger partial charge in [-0.05, 0) is 19.3 Å². The average Bonchev–Trinajstić information content (AvgIpc) is 2.30. The van der Waals surface area contributed by atoms with E-state index < -0.39 is 0 Å². The van der Waals surface area contributed by atoms with E-state index in [-0.39, 0.29) is 0 Å². The molecule has 0 radical (unpaired) electrons. The number of ether oxygens (including phenoxy) is 1. The second-order valence-electron chi connectivity index (χ2n) is 4.30. The molecule has 0 spiro atoms. The molecule has 15 heavy (non-hydrogen) atoms. The summed E-state index contributed by atoms with van der Waals surface area (Å²) >= 11 is 0. The monoisotopic (exact) mass is 211 g/mol. The van der Waals surface area contributed by atoms with Gasteiger partial charge >= 0.3 is 0 Å². The minimum Gasteiger partial charge on any atom is -0.499 e. The van der Waals surface area contributed by atoms with Crippen molar-refractivity contribution in [1.29, 1.82) is 0 Å². The Morgan fingerprint density at radius 3 is 2.40 bits per heavy atom. The Morgan fingerprint density at radius 2 is 1.73 bits per heavy atom. The molecule has 2 N–H and O–H groups in total. The Morgan fingerprint density at radius 1 is 1.07 bits per heavy atom. The lowest BCUT2D eigenvalue weighted by molar-refractivity contribution is 0.142. The van der Waals surface area contributed by atoms with Gasteiger partial charge in [0.05, 0.1) is 12.8 Å². The van der Waals surface area contributed by atoms with Gasteiger partial charge in [0.15, 0.2) is 0 Å².